The highest BCUT2D eigenvalue weighted by Gasteiger charge is 2.38. The number of fused-ring (bicyclic) bond motifs is 1. The molecular formula is C22H36N6O2. The van der Waals surface area contributed by atoms with E-state index in [1.165, 1.54) is 12.8 Å². The molecule has 30 heavy (non-hydrogen) atoms. The minimum absolute atomic E-state index is 0.269. The summed E-state index contributed by atoms with van der Waals surface area (Å²) < 4.78 is 13.8. The molecule has 2 aromatic heterocycles. The number of hydrogen-bond acceptors (Lipinski definition) is 7. The summed E-state index contributed by atoms with van der Waals surface area (Å²) in [4.78, 5) is 14.1. The van der Waals surface area contributed by atoms with Gasteiger partial charge in [0, 0.05) is 19.2 Å². The monoisotopic (exact) mass is 416 g/mol. The summed E-state index contributed by atoms with van der Waals surface area (Å²) in [5.41, 5.74) is 1.67. The van der Waals surface area contributed by atoms with E-state index in [9.17, 15) is 0 Å². The Hall–Kier alpha value is -1.93. The van der Waals surface area contributed by atoms with E-state index >= 15 is 0 Å². The number of nitrogens with zero attached hydrogens (tertiary/aromatic N) is 4. The van der Waals surface area contributed by atoms with Crippen LogP contribution in [0.3, 0.4) is 0 Å². The number of anilines is 2. The standard InChI is InChI=1S/C22H36N6O2/c1-14(2)7-9-29-10-8-23-22-26-20(19-21(27-22)28(13-24-19)15(3)4)25-17-11-18(30-12-17)16-5-6-16/h13-18H,5-12H2,1-4H3,(H2,23,25,26,27). The Labute approximate surface area is 179 Å². The molecule has 3 heterocycles. The van der Waals surface area contributed by atoms with Crippen LogP contribution in [0.4, 0.5) is 11.8 Å². The van der Waals surface area contributed by atoms with Crippen LogP contribution in [0.15, 0.2) is 6.33 Å². The van der Waals surface area contributed by atoms with Gasteiger partial charge in [-0.25, -0.2) is 4.98 Å². The summed E-state index contributed by atoms with van der Waals surface area (Å²) in [6.45, 7) is 11.5. The molecule has 2 aliphatic rings. The largest absolute Gasteiger partial charge is 0.380 e. The molecule has 2 N–H and O–H groups in total. The third kappa shape index (κ3) is 5.21. The van der Waals surface area contributed by atoms with E-state index in [4.69, 9.17) is 19.4 Å². The molecule has 4 rings (SSSR count). The third-order valence-electron chi connectivity index (χ3n) is 5.86. The molecule has 1 aliphatic heterocycles. The summed E-state index contributed by atoms with van der Waals surface area (Å²) in [5, 5.41) is 6.91. The first kappa shape index (κ1) is 21.3. The van der Waals surface area contributed by atoms with E-state index in [1.807, 2.05) is 6.33 Å². The molecule has 1 saturated heterocycles. The molecule has 0 bridgehead atoms. The van der Waals surface area contributed by atoms with Gasteiger partial charge < -0.3 is 24.7 Å². The fourth-order valence-corrected chi connectivity index (χ4v) is 3.88. The van der Waals surface area contributed by atoms with Gasteiger partial charge in [-0.1, -0.05) is 13.8 Å². The Bertz CT molecular complexity index is 832. The lowest BCUT2D eigenvalue weighted by atomic mass is 10.1. The van der Waals surface area contributed by atoms with Crippen molar-refractivity contribution in [3.05, 3.63) is 6.33 Å². The number of hydrogen-bond donors (Lipinski definition) is 2. The van der Waals surface area contributed by atoms with Crippen molar-refractivity contribution in [2.75, 3.05) is 37.0 Å². The summed E-state index contributed by atoms with van der Waals surface area (Å²) >= 11 is 0. The van der Waals surface area contributed by atoms with Crippen molar-refractivity contribution in [2.24, 2.45) is 11.8 Å². The summed E-state index contributed by atoms with van der Waals surface area (Å²) in [6.07, 6.45) is 6.98. The van der Waals surface area contributed by atoms with E-state index in [0.717, 1.165) is 49.0 Å². The van der Waals surface area contributed by atoms with E-state index < -0.39 is 0 Å². The average Bonchev–Trinajstić information content (AvgIpc) is 3.28. The minimum atomic E-state index is 0.269. The molecule has 8 heteroatoms. The van der Waals surface area contributed by atoms with Crippen molar-refractivity contribution in [2.45, 2.75) is 71.6 Å². The van der Waals surface area contributed by atoms with Crippen LogP contribution in [0.25, 0.3) is 11.2 Å². The number of rotatable bonds is 11. The predicted molar refractivity (Wildman–Crippen MR) is 119 cm³/mol. The molecule has 0 amide bonds. The second-order valence-corrected chi connectivity index (χ2v) is 9.32. The van der Waals surface area contributed by atoms with Gasteiger partial charge in [0.15, 0.2) is 17.0 Å². The molecule has 2 atom stereocenters. The van der Waals surface area contributed by atoms with Crippen LogP contribution >= 0.6 is 0 Å². The molecule has 1 aliphatic carbocycles. The van der Waals surface area contributed by atoms with Crippen molar-refractivity contribution < 1.29 is 9.47 Å². The average molecular weight is 417 g/mol. The van der Waals surface area contributed by atoms with E-state index in [-0.39, 0.29) is 12.1 Å². The van der Waals surface area contributed by atoms with Crippen molar-refractivity contribution in [3.63, 3.8) is 0 Å². The van der Waals surface area contributed by atoms with Crippen LogP contribution < -0.4 is 10.6 Å². The molecule has 2 fully saturated rings. The molecule has 2 aromatic rings. The van der Waals surface area contributed by atoms with Crippen molar-refractivity contribution in [1.29, 1.82) is 0 Å². The normalized spacial score (nSPS) is 21.8. The Morgan fingerprint density at radius 2 is 2.03 bits per heavy atom. The third-order valence-corrected chi connectivity index (χ3v) is 5.86. The smallest absolute Gasteiger partial charge is 0.226 e. The van der Waals surface area contributed by atoms with Crippen LogP contribution in [0, 0.1) is 11.8 Å². The Morgan fingerprint density at radius 1 is 1.20 bits per heavy atom. The molecule has 0 spiro atoms. The van der Waals surface area contributed by atoms with Gasteiger partial charge in [-0.3, -0.25) is 0 Å². The quantitative estimate of drug-likeness (QED) is 0.538. The number of nitrogens with one attached hydrogen (secondary N) is 2. The van der Waals surface area contributed by atoms with Gasteiger partial charge in [0.25, 0.3) is 0 Å². The van der Waals surface area contributed by atoms with E-state index in [2.05, 4.69) is 47.9 Å². The molecule has 0 aromatic carbocycles. The molecule has 166 valence electrons. The van der Waals surface area contributed by atoms with Crippen LogP contribution in [0.2, 0.25) is 0 Å². The molecular weight excluding hydrogens is 380 g/mol. The maximum absolute atomic E-state index is 6.00. The topological polar surface area (TPSA) is 86.1 Å². The highest BCUT2D eigenvalue weighted by molar-refractivity contribution is 5.84. The lowest BCUT2D eigenvalue weighted by Gasteiger charge is -2.15. The zero-order valence-electron chi connectivity index (χ0n) is 18.7. The van der Waals surface area contributed by atoms with Gasteiger partial charge in [0.05, 0.1) is 31.7 Å². The Morgan fingerprint density at radius 3 is 2.77 bits per heavy atom. The number of imidazole rings is 1. The fourth-order valence-electron chi connectivity index (χ4n) is 3.88. The molecule has 8 nitrogen and oxygen atoms in total. The van der Waals surface area contributed by atoms with Gasteiger partial charge in [0.1, 0.15) is 0 Å². The summed E-state index contributed by atoms with van der Waals surface area (Å²) in [6, 6.07) is 0.546. The van der Waals surface area contributed by atoms with Crippen LogP contribution in [-0.2, 0) is 9.47 Å². The Balaban J connectivity index is 1.44. The maximum Gasteiger partial charge on any atom is 0.226 e. The first-order valence-corrected chi connectivity index (χ1v) is 11.5. The SMILES string of the molecule is CC(C)CCOCCNc1nc(NC2COC(C3CC3)C2)c2ncn(C(C)C)c2n1. The summed E-state index contributed by atoms with van der Waals surface area (Å²) in [5.74, 6) is 2.81. The zero-order chi connectivity index (χ0) is 21.1. The van der Waals surface area contributed by atoms with Crippen LogP contribution in [0.5, 0.6) is 0 Å². The minimum Gasteiger partial charge on any atom is -0.380 e. The number of ether oxygens (including phenoxy) is 2. The second kappa shape index (κ2) is 9.47. The van der Waals surface area contributed by atoms with Crippen LogP contribution in [0.1, 0.15) is 59.4 Å². The zero-order valence-corrected chi connectivity index (χ0v) is 18.7. The highest BCUT2D eigenvalue weighted by Crippen LogP contribution is 2.39. The molecule has 1 saturated carbocycles. The predicted octanol–water partition coefficient (Wildman–Crippen LogP) is 3.86. The highest BCUT2D eigenvalue weighted by atomic mass is 16.5. The van der Waals surface area contributed by atoms with Crippen LogP contribution in [-0.4, -0.2) is 58.0 Å². The first-order valence-electron chi connectivity index (χ1n) is 11.5. The lowest BCUT2D eigenvalue weighted by Crippen LogP contribution is -2.22. The maximum atomic E-state index is 6.00. The van der Waals surface area contributed by atoms with Gasteiger partial charge in [-0.2, -0.15) is 9.97 Å². The van der Waals surface area contributed by atoms with Gasteiger partial charge in [0.2, 0.25) is 5.95 Å². The van der Waals surface area contributed by atoms with Gasteiger partial charge in [-0.15, -0.1) is 0 Å². The summed E-state index contributed by atoms with van der Waals surface area (Å²) in [7, 11) is 0. The first-order chi connectivity index (χ1) is 14.5. The fraction of sp³-hybridized carbons (Fsp3) is 0.773. The Kier molecular flexibility index (Phi) is 6.73. The van der Waals surface area contributed by atoms with Gasteiger partial charge >= 0.3 is 0 Å². The second-order valence-electron chi connectivity index (χ2n) is 9.32. The lowest BCUT2D eigenvalue weighted by molar-refractivity contribution is 0.0935. The molecule has 0 radical (unpaired) electrons. The van der Waals surface area contributed by atoms with E-state index in [0.29, 0.717) is 31.1 Å². The van der Waals surface area contributed by atoms with Crippen molar-refractivity contribution in [1.82, 2.24) is 19.5 Å². The molecule has 2 unspecified atom stereocenters. The number of aromatic nitrogens is 4. The van der Waals surface area contributed by atoms with Gasteiger partial charge in [-0.05, 0) is 51.4 Å². The van der Waals surface area contributed by atoms with E-state index in [1.54, 1.807) is 0 Å². The van der Waals surface area contributed by atoms with Crippen molar-refractivity contribution in [3.8, 4) is 0 Å². The van der Waals surface area contributed by atoms with Crippen molar-refractivity contribution >= 4 is 22.9 Å².